The number of nitrogens with one attached hydrogen (secondary N) is 1. The van der Waals surface area contributed by atoms with E-state index in [-0.39, 0.29) is 12.2 Å². The number of nitrogens with zero attached hydrogens (tertiary/aromatic N) is 4. The number of benzene rings is 4. The van der Waals surface area contributed by atoms with Crippen LogP contribution in [0.15, 0.2) is 109 Å². The summed E-state index contributed by atoms with van der Waals surface area (Å²) >= 11 is 0. The van der Waals surface area contributed by atoms with E-state index in [4.69, 9.17) is 20.3 Å². The van der Waals surface area contributed by atoms with Crippen molar-refractivity contribution in [3.8, 4) is 34.5 Å². The molecule has 1 amide bonds. The van der Waals surface area contributed by atoms with Gasteiger partial charge in [-0.15, -0.1) is 0 Å². The molecule has 0 atom stereocenters. The average Bonchev–Trinajstić information content (AvgIpc) is 3.21. The summed E-state index contributed by atoms with van der Waals surface area (Å²) in [6.07, 6.45) is 10.8. The second-order valence-electron chi connectivity index (χ2n) is 14.0. The van der Waals surface area contributed by atoms with Crippen molar-refractivity contribution < 1.29 is 19.4 Å². The van der Waals surface area contributed by atoms with Crippen molar-refractivity contribution in [2.45, 2.75) is 63.6 Å². The van der Waals surface area contributed by atoms with Gasteiger partial charge in [-0.3, -0.25) is 0 Å². The summed E-state index contributed by atoms with van der Waals surface area (Å²) in [5.41, 5.74) is 9.61. The van der Waals surface area contributed by atoms with Gasteiger partial charge in [0.1, 0.15) is 12.2 Å². The van der Waals surface area contributed by atoms with Crippen molar-refractivity contribution >= 4 is 27.6 Å². The molecule has 2 aliphatic carbocycles. The zero-order valence-electron chi connectivity index (χ0n) is 29.8. The lowest BCUT2D eigenvalue weighted by atomic mass is 9.87. The molecule has 10 nitrogen and oxygen atoms in total. The number of nitrogens with two attached hydrogens (primary N) is 1. The largest absolute Gasteiger partial charge is 0.465 e. The van der Waals surface area contributed by atoms with Crippen molar-refractivity contribution in [3.63, 3.8) is 0 Å². The number of amides is 1. The molecule has 8 rings (SSSR count). The van der Waals surface area contributed by atoms with Gasteiger partial charge in [0, 0.05) is 30.1 Å². The molecular weight excluding hydrogens is 665 g/mol. The van der Waals surface area contributed by atoms with Gasteiger partial charge in [0.05, 0.1) is 11.4 Å². The second-order valence-corrected chi connectivity index (χ2v) is 14.0. The maximum absolute atomic E-state index is 10.6. The third-order valence-electron chi connectivity index (χ3n) is 10.4. The van der Waals surface area contributed by atoms with Crippen LogP contribution < -0.4 is 20.5 Å². The molecule has 6 aromatic rings. The molecule has 2 fully saturated rings. The van der Waals surface area contributed by atoms with Crippen molar-refractivity contribution in [2.75, 3.05) is 13.1 Å². The van der Waals surface area contributed by atoms with Gasteiger partial charge in [-0.1, -0.05) is 72.8 Å². The second kappa shape index (κ2) is 17.3. The van der Waals surface area contributed by atoms with Crippen LogP contribution in [0, 0.1) is 11.8 Å². The third-order valence-corrected chi connectivity index (χ3v) is 10.4. The Morgan fingerprint density at radius 1 is 0.623 bits per heavy atom. The van der Waals surface area contributed by atoms with Gasteiger partial charge in [-0.05, 0) is 116 Å². The summed E-state index contributed by atoms with van der Waals surface area (Å²) in [6.45, 7) is 1.29. The highest BCUT2D eigenvalue weighted by molar-refractivity contribution is 5.87. The summed E-state index contributed by atoms with van der Waals surface area (Å²) in [6, 6.07) is 34.0. The molecule has 4 N–H and O–H groups in total. The number of hydrogen-bond donors (Lipinski definition) is 3. The Kier molecular flexibility index (Phi) is 11.7. The summed E-state index contributed by atoms with van der Waals surface area (Å²) in [7, 11) is 0. The molecule has 0 saturated heterocycles. The maximum Gasteiger partial charge on any atom is 0.404 e. The molecule has 2 aromatic heterocycles. The first-order valence-corrected chi connectivity index (χ1v) is 18.6. The topological polar surface area (TPSA) is 145 Å². The Morgan fingerprint density at radius 2 is 1.08 bits per heavy atom. The number of fused-ring (bicyclic) bond motifs is 2. The molecule has 2 aliphatic rings. The van der Waals surface area contributed by atoms with Gasteiger partial charge in [-0.2, -0.15) is 9.97 Å². The predicted molar refractivity (Wildman–Crippen MR) is 208 cm³/mol. The molecule has 0 aliphatic heterocycles. The van der Waals surface area contributed by atoms with Crippen LogP contribution in [0.25, 0.3) is 44.1 Å². The maximum atomic E-state index is 10.6. The summed E-state index contributed by atoms with van der Waals surface area (Å²) < 4.78 is 12.1. The molecule has 272 valence electrons. The van der Waals surface area contributed by atoms with Crippen LogP contribution in [0.5, 0.6) is 12.0 Å². The Hall–Kier alpha value is -5.61. The highest BCUT2D eigenvalue weighted by Crippen LogP contribution is 2.30. The molecule has 4 aromatic carbocycles. The third kappa shape index (κ3) is 9.64. The van der Waals surface area contributed by atoms with E-state index in [2.05, 4.69) is 98.0 Å². The average molecular weight is 711 g/mol. The van der Waals surface area contributed by atoms with E-state index in [1.807, 2.05) is 24.3 Å². The predicted octanol–water partition coefficient (Wildman–Crippen LogP) is 8.70. The minimum Gasteiger partial charge on any atom is -0.465 e. The number of aromatic nitrogens is 4. The van der Waals surface area contributed by atoms with E-state index in [1.54, 1.807) is 12.4 Å². The van der Waals surface area contributed by atoms with E-state index in [0.717, 1.165) is 80.4 Å². The van der Waals surface area contributed by atoms with Gasteiger partial charge in [0.25, 0.3) is 0 Å². The first-order chi connectivity index (χ1) is 26.0. The van der Waals surface area contributed by atoms with Gasteiger partial charge >= 0.3 is 18.1 Å². The smallest absolute Gasteiger partial charge is 0.404 e. The summed E-state index contributed by atoms with van der Waals surface area (Å²) in [4.78, 5) is 28.4. The fraction of sp³-hybridized carbons (Fsp3) is 0.326. The zero-order chi connectivity index (χ0) is 36.4. The number of rotatable bonds is 9. The first kappa shape index (κ1) is 35.8. The van der Waals surface area contributed by atoms with E-state index >= 15 is 0 Å². The summed E-state index contributed by atoms with van der Waals surface area (Å²) in [5, 5.41) is 16.0. The molecule has 53 heavy (non-hydrogen) atoms. The van der Waals surface area contributed by atoms with Crippen LogP contribution in [-0.4, -0.2) is 56.4 Å². The molecular formula is C43H46N6O4. The zero-order valence-corrected chi connectivity index (χ0v) is 29.8. The van der Waals surface area contributed by atoms with Gasteiger partial charge in [0.15, 0.2) is 0 Å². The normalized spacial score (nSPS) is 19.9. The Morgan fingerprint density at radius 3 is 1.53 bits per heavy atom. The van der Waals surface area contributed by atoms with Crippen LogP contribution in [-0.2, 0) is 0 Å². The quantitative estimate of drug-likeness (QED) is 0.134. The van der Waals surface area contributed by atoms with Crippen LogP contribution in [0.3, 0.4) is 0 Å². The monoisotopic (exact) mass is 710 g/mol. The molecule has 0 unspecified atom stereocenters. The number of carboxylic acid groups (broad SMARTS) is 1. The van der Waals surface area contributed by atoms with E-state index in [0.29, 0.717) is 30.4 Å². The van der Waals surface area contributed by atoms with Crippen LogP contribution in [0.1, 0.15) is 51.4 Å². The lowest BCUT2D eigenvalue weighted by molar-refractivity contribution is 0.119. The highest BCUT2D eigenvalue weighted by Gasteiger charge is 2.24. The lowest BCUT2D eigenvalue weighted by Crippen LogP contribution is -2.32. The summed E-state index contributed by atoms with van der Waals surface area (Å²) in [5.74, 6) is 1.02. The van der Waals surface area contributed by atoms with E-state index < -0.39 is 6.09 Å². The standard InChI is InChI=1S/C22H23N3O3.C21H23N3O/c26-22(27)24-14-15-5-9-19(10-6-15)28-21-23-12-11-20(25-21)18-8-7-16-3-1-2-4-17(16)13-18;22-14-15-5-9-19(10-6-15)25-21-23-12-11-20(24-21)18-8-7-16-3-1-2-4-17(16)13-18/h1-4,7-8,11-13,15,19,24H,5-6,9-10,14H2,(H,26,27);1-4,7-8,11-13,15,19H,5-6,9-10,14,22H2. The Labute approximate surface area is 309 Å². The number of ether oxygens (including phenoxy) is 2. The molecule has 0 radical (unpaired) electrons. The van der Waals surface area contributed by atoms with Gasteiger partial charge < -0.3 is 25.6 Å². The minimum atomic E-state index is -0.961. The molecule has 0 spiro atoms. The number of carbonyl (C=O) groups is 1. The molecule has 2 heterocycles. The van der Waals surface area contributed by atoms with Gasteiger partial charge in [-0.25, -0.2) is 14.8 Å². The van der Waals surface area contributed by atoms with E-state index in [9.17, 15) is 4.79 Å². The Balaban J connectivity index is 0.000000165. The lowest BCUT2D eigenvalue weighted by Gasteiger charge is -2.28. The van der Waals surface area contributed by atoms with Crippen LogP contribution >= 0.6 is 0 Å². The SMILES string of the molecule is NCC1CCC(Oc2nccc(-c3ccc4ccccc4c3)n2)CC1.O=C(O)NCC1CCC(Oc2nccc(-c3ccc4ccccc4c3)n2)CC1. The van der Waals surface area contributed by atoms with Gasteiger partial charge in [0.2, 0.25) is 0 Å². The van der Waals surface area contributed by atoms with E-state index in [1.165, 1.54) is 21.5 Å². The molecule has 10 heteroatoms. The first-order valence-electron chi connectivity index (χ1n) is 18.6. The van der Waals surface area contributed by atoms with Crippen molar-refractivity contribution in [1.82, 2.24) is 25.3 Å². The van der Waals surface area contributed by atoms with Crippen molar-refractivity contribution in [2.24, 2.45) is 17.6 Å². The Bertz CT molecular complexity index is 2130. The fourth-order valence-electron chi connectivity index (χ4n) is 7.28. The number of hydrogen-bond acceptors (Lipinski definition) is 8. The highest BCUT2D eigenvalue weighted by atomic mass is 16.5. The minimum absolute atomic E-state index is 0.0768. The van der Waals surface area contributed by atoms with Crippen molar-refractivity contribution in [1.29, 1.82) is 0 Å². The van der Waals surface area contributed by atoms with Crippen LogP contribution in [0.4, 0.5) is 4.79 Å². The fourth-order valence-corrected chi connectivity index (χ4v) is 7.28. The molecule has 2 saturated carbocycles. The van der Waals surface area contributed by atoms with Crippen molar-refractivity contribution in [3.05, 3.63) is 109 Å². The molecule has 0 bridgehead atoms. The van der Waals surface area contributed by atoms with Crippen LogP contribution in [0.2, 0.25) is 0 Å².